The van der Waals surface area contributed by atoms with Gasteiger partial charge in [0.05, 0.1) is 5.56 Å². The monoisotopic (exact) mass is 416 g/mol. The Labute approximate surface area is 165 Å². The Hall–Kier alpha value is -2.85. The highest BCUT2D eigenvalue weighted by atomic mass is 31.1. The van der Waals surface area contributed by atoms with Crippen molar-refractivity contribution in [2.45, 2.75) is 20.2 Å². The minimum atomic E-state index is -4.98. The first-order chi connectivity index (χ1) is 13.7. The maximum absolute atomic E-state index is 13.5. The van der Waals surface area contributed by atoms with Crippen molar-refractivity contribution < 1.29 is 27.3 Å². The normalized spacial score (nSPS) is 15.0. The Kier molecular flexibility index (Phi) is 4.62. The van der Waals surface area contributed by atoms with Gasteiger partial charge in [0, 0.05) is 16.2 Å². The van der Waals surface area contributed by atoms with Crippen LogP contribution in [0.1, 0.15) is 27.0 Å². The minimum Gasteiger partial charge on any atom is -0.405 e. The Morgan fingerprint density at radius 1 is 0.862 bits per heavy atom. The maximum atomic E-state index is 13.5. The van der Waals surface area contributed by atoms with Crippen molar-refractivity contribution in [3.05, 3.63) is 76.9 Å². The summed E-state index contributed by atoms with van der Waals surface area (Å²) >= 11 is 0. The van der Waals surface area contributed by atoms with Crippen molar-refractivity contribution in [1.82, 2.24) is 0 Å². The number of ether oxygens (including phenoxy) is 1. The van der Waals surface area contributed by atoms with E-state index in [2.05, 4.69) is 4.74 Å². The number of rotatable bonds is 3. The molecule has 1 unspecified atom stereocenters. The highest BCUT2D eigenvalue weighted by molar-refractivity contribution is 7.63. The summed E-state index contributed by atoms with van der Waals surface area (Å²) in [6.45, 7) is 3.43. The predicted molar refractivity (Wildman–Crippen MR) is 106 cm³/mol. The zero-order chi connectivity index (χ0) is 20.9. The average molecular weight is 416 g/mol. The Morgan fingerprint density at radius 2 is 1.52 bits per heavy atom. The molecule has 0 saturated carbocycles. The molecule has 0 amide bonds. The second-order valence-corrected chi connectivity index (χ2v) is 8.58. The predicted octanol–water partition coefficient (Wildman–Crippen LogP) is 4.92. The van der Waals surface area contributed by atoms with Crippen LogP contribution in [-0.4, -0.2) is 12.1 Å². The van der Waals surface area contributed by atoms with E-state index in [1.165, 1.54) is 6.07 Å². The highest BCUT2D eigenvalue weighted by Gasteiger charge is 2.38. The van der Waals surface area contributed by atoms with Crippen LogP contribution in [0.3, 0.4) is 0 Å². The third kappa shape index (κ3) is 3.28. The molecule has 0 aliphatic carbocycles. The van der Waals surface area contributed by atoms with Crippen LogP contribution in [0.15, 0.2) is 54.6 Å². The van der Waals surface area contributed by atoms with E-state index in [9.17, 15) is 22.5 Å². The first-order valence-corrected chi connectivity index (χ1v) is 10.3. The number of hydrogen-bond acceptors (Lipinski definition) is 3. The molecule has 0 bridgehead atoms. The smallest absolute Gasteiger partial charge is 0.405 e. The molecule has 0 aromatic heterocycles. The van der Waals surface area contributed by atoms with Crippen molar-refractivity contribution in [2.75, 3.05) is 0 Å². The number of hydrogen-bond donors (Lipinski definition) is 0. The van der Waals surface area contributed by atoms with E-state index in [0.29, 0.717) is 33.1 Å². The van der Waals surface area contributed by atoms with Crippen LogP contribution in [0, 0.1) is 13.8 Å². The van der Waals surface area contributed by atoms with Gasteiger partial charge in [0.15, 0.2) is 5.78 Å². The van der Waals surface area contributed by atoms with E-state index < -0.39 is 25.7 Å². The lowest BCUT2D eigenvalue weighted by atomic mass is 9.92. The maximum Gasteiger partial charge on any atom is 0.573 e. The lowest BCUT2D eigenvalue weighted by Gasteiger charge is -2.17. The number of benzene rings is 3. The van der Waals surface area contributed by atoms with Crippen LogP contribution >= 0.6 is 7.80 Å². The fourth-order valence-corrected chi connectivity index (χ4v) is 5.73. The largest absolute Gasteiger partial charge is 0.573 e. The zero-order valence-electron chi connectivity index (χ0n) is 15.6. The summed E-state index contributed by atoms with van der Waals surface area (Å²) in [5.41, 5.74) is 2.44. The molecule has 1 aliphatic heterocycles. The fourth-order valence-electron chi connectivity index (χ4n) is 3.83. The first kappa shape index (κ1) is 19.5. The van der Waals surface area contributed by atoms with E-state index in [1.807, 2.05) is 0 Å². The minimum absolute atomic E-state index is 0.130. The van der Waals surface area contributed by atoms with Gasteiger partial charge >= 0.3 is 6.36 Å². The van der Waals surface area contributed by atoms with Crippen LogP contribution in [0.25, 0.3) is 11.1 Å². The van der Waals surface area contributed by atoms with Crippen LogP contribution in [0.5, 0.6) is 5.75 Å². The number of carbonyl (C=O) groups is 1. The number of fused-ring (bicyclic) bond motifs is 3. The van der Waals surface area contributed by atoms with E-state index in [-0.39, 0.29) is 10.9 Å². The SMILES string of the molecule is Cc1cccc(C)c1C(=O)c1c(OC(F)(F)F)ccc2c1[PH](=O)c1ccccc1-2. The second kappa shape index (κ2) is 6.89. The second-order valence-electron chi connectivity index (χ2n) is 6.88. The lowest BCUT2D eigenvalue weighted by Crippen LogP contribution is -2.23. The number of alkyl halides is 3. The molecule has 4 rings (SSSR count). The molecule has 3 aromatic rings. The molecule has 1 atom stereocenters. The van der Waals surface area contributed by atoms with Crippen LogP contribution in [0.4, 0.5) is 13.2 Å². The number of carbonyl (C=O) groups excluding carboxylic acids is 1. The van der Waals surface area contributed by atoms with E-state index in [1.54, 1.807) is 56.3 Å². The lowest BCUT2D eigenvalue weighted by molar-refractivity contribution is -0.274. The van der Waals surface area contributed by atoms with Crippen molar-refractivity contribution >= 4 is 24.2 Å². The van der Waals surface area contributed by atoms with Gasteiger partial charge in [-0.05, 0) is 48.2 Å². The number of aryl methyl sites for hydroxylation is 2. The summed E-state index contributed by atoms with van der Waals surface area (Å²) in [5, 5.41) is 0.665. The number of halogens is 3. The molecular formula is C22H16F3O3P. The molecule has 3 aromatic carbocycles. The van der Waals surface area contributed by atoms with E-state index in [0.717, 1.165) is 6.07 Å². The van der Waals surface area contributed by atoms with Gasteiger partial charge in [-0.3, -0.25) is 4.79 Å². The molecule has 0 fully saturated rings. The standard InChI is InChI=1S/C22H16F3O3P/c1-12-6-5-7-13(2)18(12)20(26)19-16(28-22(23,24)25)11-10-15-14-8-3-4-9-17(14)29(27)21(15)19/h3-11,29H,1-2H3. The van der Waals surface area contributed by atoms with Crippen LogP contribution < -0.4 is 15.3 Å². The van der Waals surface area contributed by atoms with Gasteiger partial charge in [-0.1, -0.05) is 42.5 Å². The molecular weight excluding hydrogens is 400 g/mol. The van der Waals surface area contributed by atoms with Gasteiger partial charge in [-0.15, -0.1) is 13.2 Å². The van der Waals surface area contributed by atoms with Gasteiger partial charge in [-0.2, -0.15) is 0 Å². The van der Waals surface area contributed by atoms with Gasteiger partial charge in [0.1, 0.15) is 13.6 Å². The van der Waals surface area contributed by atoms with Crippen LogP contribution in [0.2, 0.25) is 0 Å². The van der Waals surface area contributed by atoms with Crippen LogP contribution in [-0.2, 0) is 4.57 Å². The first-order valence-electron chi connectivity index (χ1n) is 8.87. The number of ketones is 1. The molecule has 3 nitrogen and oxygen atoms in total. The zero-order valence-corrected chi connectivity index (χ0v) is 16.6. The molecule has 7 heteroatoms. The summed E-state index contributed by atoms with van der Waals surface area (Å²) < 4.78 is 56.6. The van der Waals surface area contributed by atoms with Crippen molar-refractivity contribution in [1.29, 1.82) is 0 Å². The molecule has 0 N–H and O–H groups in total. The molecule has 0 radical (unpaired) electrons. The molecule has 1 heterocycles. The summed E-state index contributed by atoms with van der Waals surface area (Å²) in [4.78, 5) is 13.5. The highest BCUT2D eigenvalue weighted by Crippen LogP contribution is 2.43. The average Bonchev–Trinajstić information content (AvgIpc) is 2.93. The van der Waals surface area contributed by atoms with E-state index in [4.69, 9.17) is 0 Å². The summed E-state index contributed by atoms with van der Waals surface area (Å²) in [7, 11) is -2.67. The summed E-state index contributed by atoms with van der Waals surface area (Å²) in [6.07, 6.45) is -4.98. The van der Waals surface area contributed by atoms with Crippen molar-refractivity contribution in [3.8, 4) is 16.9 Å². The Bertz CT molecular complexity index is 1160. The fraction of sp³-hybridized carbons (Fsp3) is 0.136. The summed E-state index contributed by atoms with van der Waals surface area (Å²) in [6, 6.07) is 14.7. The molecule has 148 valence electrons. The van der Waals surface area contributed by atoms with Gasteiger partial charge < -0.3 is 9.30 Å². The molecule has 1 aliphatic rings. The van der Waals surface area contributed by atoms with Gasteiger partial charge in [0.2, 0.25) is 0 Å². The molecule has 0 saturated heterocycles. The molecule has 0 spiro atoms. The quantitative estimate of drug-likeness (QED) is 0.352. The summed E-state index contributed by atoms with van der Waals surface area (Å²) in [5.74, 6) is -1.25. The topological polar surface area (TPSA) is 43.4 Å². The van der Waals surface area contributed by atoms with Crippen molar-refractivity contribution in [2.24, 2.45) is 0 Å². The Balaban J connectivity index is 2.01. The molecule has 29 heavy (non-hydrogen) atoms. The third-order valence-corrected chi connectivity index (χ3v) is 6.92. The van der Waals surface area contributed by atoms with Gasteiger partial charge in [0.25, 0.3) is 0 Å². The van der Waals surface area contributed by atoms with Gasteiger partial charge in [-0.25, -0.2) is 0 Å². The Morgan fingerprint density at radius 3 is 2.17 bits per heavy atom. The third-order valence-electron chi connectivity index (χ3n) is 5.02. The van der Waals surface area contributed by atoms with Crippen molar-refractivity contribution in [3.63, 3.8) is 0 Å². The van der Waals surface area contributed by atoms with E-state index >= 15 is 0 Å².